The van der Waals surface area contributed by atoms with Gasteiger partial charge in [-0.25, -0.2) is 0 Å². The Bertz CT molecular complexity index is 353. The standard InChI is InChI=1S/C9H15ClN2O8.2ClH.Zn/c1-2-9(13)19-8(10)5-3-4-7(20-12(16)17)6-18-11(14)15;;;/h7-8H,2-6H2,1H3;2*1H;/q;;;+2/p-2/t7-,8?;;;/m1.../s1. The molecule has 0 amide bonds. The molecule has 0 saturated heterocycles. The van der Waals surface area contributed by atoms with Gasteiger partial charge in [0.15, 0.2) is 5.56 Å². The van der Waals surface area contributed by atoms with Gasteiger partial charge in [-0.2, -0.15) is 0 Å². The summed E-state index contributed by atoms with van der Waals surface area (Å²) in [7, 11) is 0. The van der Waals surface area contributed by atoms with Crippen molar-refractivity contribution in [3.63, 3.8) is 0 Å². The summed E-state index contributed by atoms with van der Waals surface area (Å²) in [5.74, 6) is -0.459. The van der Waals surface area contributed by atoms with E-state index in [1.54, 1.807) is 6.92 Å². The summed E-state index contributed by atoms with van der Waals surface area (Å²) in [6.45, 7) is 1.05. The molecule has 132 valence electrons. The van der Waals surface area contributed by atoms with Crippen LogP contribution >= 0.6 is 11.6 Å². The van der Waals surface area contributed by atoms with E-state index in [-0.39, 0.29) is 63.6 Å². The molecule has 0 aromatic heterocycles. The number of carbonyl (C=O) groups excluding carboxylic acids is 1. The molecule has 2 atom stereocenters. The molecule has 0 aliphatic rings. The first kappa shape index (κ1) is 30.3. The van der Waals surface area contributed by atoms with Crippen LogP contribution in [0.1, 0.15) is 32.6 Å². The van der Waals surface area contributed by atoms with Crippen LogP contribution in [0.2, 0.25) is 0 Å². The van der Waals surface area contributed by atoms with Gasteiger partial charge in [-0.15, -0.1) is 20.2 Å². The molecule has 0 saturated carbocycles. The van der Waals surface area contributed by atoms with Crippen molar-refractivity contribution < 1.29 is 73.7 Å². The van der Waals surface area contributed by atoms with Crippen LogP contribution in [-0.4, -0.2) is 34.4 Å². The Morgan fingerprint density at radius 2 is 1.74 bits per heavy atom. The van der Waals surface area contributed by atoms with Crippen molar-refractivity contribution in [3.8, 4) is 0 Å². The third-order valence-electron chi connectivity index (χ3n) is 2.11. The van der Waals surface area contributed by atoms with E-state index in [4.69, 9.17) is 16.3 Å². The number of alkyl halides is 1. The molecule has 10 nitrogen and oxygen atoms in total. The van der Waals surface area contributed by atoms with E-state index in [1.807, 2.05) is 0 Å². The number of halogens is 3. The Labute approximate surface area is 162 Å². The number of carbonyl (C=O) groups is 1. The fourth-order valence-electron chi connectivity index (χ4n) is 1.22. The maximum atomic E-state index is 10.9. The Kier molecular flexibility index (Phi) is 23.3. The number of ether oxygens (including phenoxy) is 1. The molecule has 0 rings (SSSR count). The summed E-state index contributed by atoms with van der Waals surface area (Å²) < 4.78 is 4.77. The number of hydrogen-bond donors (Lipinski definition) is 0. The molecule has 1 unspecified atom stereocenters. The molecule has 0 radical (unpaired) electrons. The van der Waals surface area contributed by atoms with Crippen molar-refractivity contribution in [1.82, 2.24) is 0 Å². The molecule has 0 fully saturated rings. The van der Waals surface area contributed by atoms with Crippen molar-refractivity contribution in [3.05, 3.63) is 20.2 Å². The SMILES string of the molecule is CCC(=O)OC(Cl)CCC[C@H](CO[N+](=O)[O-])O[N+](=O)[O-].[Cl-].[Cl-].[Zn+2]. The molecule has 0 aliphatic carbocycles. The predicted molar refractivity (Wildman–Crippen MR) is 64.7 cm³/mol. The van der Waals surface area contributed by atoms with E-state index >= 15 is 0 Å². The smallest absolute Gasteiger partial charge is 1.00 e. The maximum absolute atomic E-state index is 10.9. The maximum Gasteiger partial charge on any atom is 2.00 e. The molecule has 14 heteroatoms. The zero-order valence-corrected chi connectivity index (χ0v) is 17.4. The zero-order chi connectivity index (χ0) is 15.5. The summed E-state index contributed by atoms with van der Waals surface area (Å²) in [6, 6.07) is 0. The van der Waals surface area contributed by atoms with Crippen LogP contribution < -0.4 is 24.8 Å². The number of nitrogens with zero attached hydrogens (tertiary/aromatic N) is 2. The third kappa shape index (κ3) is 19.3. The third-order valence-corrected chi connectivity index (χ3v) is 2.41. The van der Waals surface area contributed by atoms with Gasteiger partial charge in [-0.3, -0.25) is 4.79 Å². The number of rotatable bonds is 11. The fraction of sp³-hybridized carbons (Fsp3) is 0.889. The van der Waals surface area contributed by atoms with Crippen molar-refractivity contribution >= 4 is 17.6 Å². The van der Waals surface area contributed by atoms with Gasteiger partial charge in [-0.1, -0.05) is 18.5 Å². The second-order valence-corrected chi connectivity index (χ2v) is 4.14. The van der Waals surface area contributed by atoms with Crippen molar-refractivity contribution in [2.75, 3.05) is 6.61 Å². The minimum Gasteiger partial charge on any atom is -1.00 e. The van der Waals surface area contributed by atoms with Crippen molar-refractivity contribution in [2.45, 2.75) is 44.3 Å². The van der Waals surface area contributed by atoms with E-state index in [0.29, 0.717) is 6.42 Å². The van der Waals surface area contributed by atoms with Crippen LogP contribution in [-0.2, 0) is 38.7 Å². The van der Waals surface area contributed by atoms with Gasteiger partial charge in [0.25, 0.3) is 10.2 Å². The Balaban J connectivity index is -0.000000602. The molecular weight excluding hydrogens is 436 g/mol. The van der Waals surface area contributed by atoms with E-state index < -0.39 is 34.4 Å². The second kappa shape index (κ2) is 17.7. The monoisotopic (exact) mass is 448 g/mol. The fourth-order valence-corrected chi connectivity index (χ4v) is 1.48. The van der Waals surface area contributed by atoms with Crippen LogP contribution in [0.25, 0.3) is 0 Å². The largest absolute Gasteiger partial charge is 2.00 e. The van der Waals surface area contributed by atoms with E-state index in [1.165, 1.54) is 0 Å². The molecular formula is C9H15Cl3N2O8Zn. The summed E-state index contributed by atoms with van der Waals surface area (Å²) >= 11 is 5.71. The summed E-state index contributed by atoms with van der Waals surface area (Å²) in [6.07, 6.45) is -0.246. The molecule has 0 aromatic carbocycles. The summed E-state index contributed by atoms with van der Waals surface area (Å²) in [5.41, 5.74) is -0.852. The van der Waals surface area contributed by atoms with Crippen molar-refractivity contribution in [1.29, 1.82) is 0 Å². The van der Waals surface area contributed by atoms with Crippen LogP contribution in [0.4, 0.5) is 0 Å². The van der Waals surface area contributed by atoms with Crippen LogP contribution in [0.5, 0.6) is 0 Å². The molecule has 23 heavy (non-hydrogen) atoms. The Morgan fingerprint density at radius 3 is 2.17 bits per heavy atom. The minimum atomic E-state index is -1.08. The first-order valence-electron chi connectivity index (χ1n) is 5.77. The number of hydrogen-bond acceptors (Lipinski definition) is 8. The molecule has 0 heterocycles. The average molecular weight is 451 g/mol. The zero-order valence-electron chi connectivity index (χ0n) is 12.2. The van der Waals surface area contributed by atoms with Gasteiger partial charge in [0.1, 0.15) is 12.7 Å². The van der Waals surface area contributed by atoms with Gasteiger partial charge in [0.05, 0.1) is 0 Å². The van der Waals surface area contributed by atoms with Crippen LogP contribution in [0, 0.1) is 20.2 Å². The second-order valence-electron chi connectivity index (χ2n) is 3.65. The topological polar surface area (TPSA) is 131 Å². The summed E-state index contributed by atoms with van der Waals surface area (Å²) in [4.78, 5) is 39.4. The normalized spacial score (nSPS) is 11.4. The first-order chi connectivity index (χ1) is 9.35. The van der Waals surface area contributed by atoms with Gasteiger partial charge < -0.3 is 39.2 Å². The van der Waals surface area contributed by atoms with Crippen molar-refractivity contribution in [2.24, 2.45) is 0 Å². The minimum absolute atomic E-state index is 0. The Hall–Kier alpha value is -0.637. The van der Waals surface area contributed by atoms with Gasteiger partial charge in [-0.05, 0) is 19.3 Å². The molecule has 0 aromatic rings. The van der Waals surface area contributed by atoms with E-state index in [9.17, 15) is 25.0 Å². The molecule has 0 aliphatic heterocycles. The quantitative estimate of drug-likeness (QED) is 0.101. The molecule has 0 N–H and O–H groups in total. The molecule has 0 bridgehead atoms. The van der Waals surface area contributed by atoms with Crippen LogP contribution in [0.15, 0.2) is 0 Å². The first-order valence-corrected chi connectivity index (χ1v) is 6.20. The van der Waals surface area contributed by atoms with Gasteiger partial charge in [0.2, 0.25) is 0 Å². The Morgan fingerprint density at radius 1 is 1.17 bits per heavy atom. The molecule has 0 spiro atoms. The summed E-state index contributed by atoms with van der Waals surface area (Å²) in [5, 5.41) is 18.1. The van der Waals surface area contributed by atoms with Crippen LogP contribution in [0.3, 0.4) is 0 Å². The van der Waals surface area contributed by atoms with E-state index in [2.05, 4.69) is 9.68 Å². The van der Waals surface area contributed by atoms with Gasteiger partial charge >= 0.3 is 25.4 Å². The van der Waals surface area contributed by atoms with E-state index in [0.717, 1.165) is 0 Å². The predicted octanol–water partition coefficient (Wildman–Crippen LogP) is -4.53. The number of esters is 1. The van der Waals surface area contributed by atoms with Gasteiger partial charge in [0, 0.05) is 6.42 Å². The average Bonchev–Trinajstić information content (AvgIpc) is 2.34.